The normalized spacial score (nSPS) is 18.9. The van der Waals surface area contributed by atoms with Crippen LogP contribution < -0.4 is 21.7 Å². The molecule has 0 unspecified atom stereocenters. The number of benzene rings is 1. The molecule has 0 atom stereocenters. The number of nitrogen functional groups attached to an aromatic ring is 1. The van der Waals surface area contributed by atoms with Crippen molar-refractivity contribution >= 4 is 34.0 Å². The number of amides is 2. The Bertz CT molecular complexity index is 1340. The summed E-state index contributed by atoms with van der Waals surface area (Å²) < 4.78 is 15.4. The number of urea groups is 1. The predicted octanol–water partition coefficient (Wildman–Crippen LogP) is 3.90. The van der Waals surface area contributed by atoms with Gasteiger partial charge in [-0.2, -0.15) is 0 Å². The Labute approximate surface area is 203 Å². The van der Waals surface area contributed by atoms with Gasteiger partial charge in [0.1, 0.15) is 5.82 Å². The Balaban J connectivity index is 1.25. The number of rotatable bonds is 3. The second-order valence-corrected chi connectivity index (χ2v) is 10.5. The number of nitrogens with zero attached hydrogens (tertiary/aromatic N) is 3. The molecule has 8 nitrogen and oxygen atoms in total. The lowest BCUT2D eigenvalue weighted by Crippen LogP contribution is -2.65. The molecule has 0 bridgehead atoms. The van der Waals surface area contributed by atoms with Crippen LogP contribution in [0.3, 0.4) is 0 Å². The number of aryl methyl sites for hydroxylation is 1. The smallest absolute Gasteiger partial charge is 0.320 e. The number of aromatic nitrogens is 2. The Morgan fingerprint density at radius 2 is 2.03 bits per heavy atom. The average Bonchev–Trinajstić information content (AvgIpc) is 2.80. The third kappa shape index (κ3) is 3.74. The molecular weight excluding hydrogens is 445 g/mol. The van der Waals surface area contributed by atoms with Crippen LogP contribution in [0.15, 0.2) is 24.5 Å². The fourth-order valence-corrected chi connectivity index (χ4v) is 6.16. The highest BCUT2D eigenvalue weighted by Gasteiger charge is 2.51. The van der Waals surface area contributed by atoms with Crippen LogP contribution in [0.5, 0.6) is 0 Å². The molecule has 1 saturated heterocycles. The number of carbonyl (C=O) groups is 1. The fraction of sp³-hybridized carbons (Fsp3) is 0.423. The number of hydrogen-bond acceptors (Lipinski definition) is 6. The molecule has 3 aromatic rings. The number of hydrogen-bond donors (Lipinski definition) is 4. The molecule has 2 aromatic heterocycles. The first-order chi connectivity index (χ1) is 16.8. The summed E-state index contributed by atoms with van der Waals surface area (Å²) in [6, 6.07) is 3.40. The lowest BCUT2D eigenvalue weighted by molar-refractivity contribution is -0.0615. The van der Waals surface area contributed by atoms with Gasteiger partial charge in [0.25, 0.3) is 0 Å². The molecule has 1 aliphatic carbocycles. The van der Waals surface area contributed by atoms with Gasteiger partial charge in [0, 0.05) is 54.6 Å². The van der Waals surface area contributed by atoms with Gasteiger partial charge in [0.15, 0.2) is 5.82 Å². The number of pyridine rings is 2. The molecule has 3 aliphatic rings. The summed E-state index contributed by atoms with van der Waals surface area (Å²) in [7, 11) is 2.12. The number of anilines is 3. The van der Waals surface area contributed by atoms with Crippen molar-refractivity contribution in [2.45, 2.75) is 38.6 Å². The maximum absolute atomic E-state index is 15.4. The number of halogens is 1. The number of nitrogens with two attached hydrogens (primary N) is 1. The van der Waals surface area contributed by atoms with Crippen molar-refractivity contribution in [3.05, 3.63) is 41.6 Å². The van der Waals surface area contributed by atoms with E-state index in [0.717, 1.165) is 62.3 Å². The number of nitrogens with one attached hydrogen (secondary N) is 3. The van der Waals surface area contributed by atoms with Crippen LogP contribution >= 0.6 is 0 Å². The van der Waals surface area contributed by atoms with Crippen LogP contribution in [0.1, 0.15) is 30.5 Å². The standard InChI is InChI=1S/C26H30FN7O/c1-14-18(10-30-20-4-3-5-29-24(14)20)17-6-15-7-21(31-11-19(15)23(28)22(17)27)33-25(35)32-16-8-26(9-16)12-34(2)13-26/h6-7,10-11,16,29H,3-5,8-9,12-13,28H2,1-2H3,(H2,31,32,33,35). The van der Waals surface area contributed by atoms with Gasteiger partial charge in [0.05, 0.1) is 17.1 Å². The van der Waals surface area contributed by atoms with Gasteiger partial charge in [0.2, 0.25) is 0 Å². The topological polar surface area (TPSA) is 108 Å². The number of carbonyl (C=O) groups excluding carboxylic acids is 1. The van der Waals surface area contributed by atoms with Crippen molar-refractivity contribution in [2.75, 3.05) is 43.0 Å². The van der Waals surface area contributed by atoms with Crippen LogP contribution in [-0.2, 0) is 6.42 Å². The van der Waals surface area contributed by atoms with E-state index in [-0.39, 0.29) is 17.8 Å². The van der Waals surface area contributed by atoms with E-state index in [2.05, 4.69) is 37.9 Å². The predicted molar refractivity (Wildman–Crippen MR) is 136 cm³/mol. The maximum Gasteiger partial charge on any atom is 0.320 e. The van der Waals surface area contributed by atoms with Crippen LogP contribution in [-0.4, -0.2) is 53.6 Å². The van der Waals surface area contributed by atoms with Gasteiger partial charge in [-0.3, -0.25) is 10.3 Å². The van der Waals surface area contributed by atoms with Gasteiger partial charge in [-0.25, -0.2) is 14.2 Å². The molecule has 2 amide bonds. The van der Waals surface area contributed by atoms with E-state index in [9.17, 15) is 4.79 Å². The fourth-order valence-electron chi connectivity index (χ4n) is 6.16. The van der Waals surface area contributed by atoms with Crippen LogP contribution in [0.4, 0.5) is 26.4 Å². The SMILES string of the molecule is Cc1c(-c2cc3cc(NC(=O)NC4CC5(C4)CN(C)C5)ncc3c(N)c2F)cnc2c1NCCC2. The summed E-state index contributed by atoms with van der Waals surface area (Å²) >= 11 is 0. The van der Waals surface area contributed by atoms with Gasteiger partial charge in [-0.05, 0) is 68.2 Å². The first-order valence-corrected chi connectivity index (χ1v) is 12.2. The lowest BCUT2D eigenvalue weighted by Gasteiger charge is -2.58. The number of fused-ring (bicyclic) bond motifs is 2. The van der Waals surface area contributed by atoms with Crippen molar-refractivity contribution in [1.29, 1.82) is 0 Å². The molecule has 0 radical (unpaired) electrons. The first kappa shape index (κ1) is 22.0. The molecule has 1 aromatic carbocycles. The highest BCUT2D eigenvalue weighted by atomic mass is 19.1. The molecule has 35 heavy (non-hydrogen) atoms. The summed E-state index contributed by atoms with van der Waals surface area (Å²) in [6.45, 7) is 5.07. The number of likely N-dealkylation sites (tertiary alicyclic amines) is 1. The zero-order chi connectivity index (χ0) is 24.3. The second-order valence-electron chi connectivity index (χ2n) is 10.5. The molecule has 9 heteroatoms. The van der Waals surface area contributed by atoms with Crippen molar-refractivity contribution in [2.24, 2.45) is 5.41 Å². The third-order valence-corrected chi connectivity index (χ3v) is 7.74. The summed E-state index contributed by atoms with van der Waals surface area (Å²) in [4.78, 5) is 23.7. The van der Waals surface area contributed by atoms with E-state index in [0.29, 0.717) is 33.1 Å². The molecule has 1 saturated carbocycles. The summed E-state index contributed by atoms with van der Waals surface area (Å²) in [5.74, 6) is -0.0923. The summed E-state index contributed by atoms with van der Waals surface area (Å²) in [5, 5.41) is 10.5. The summed E-state index contributed by atoms with van der Waals surface area (Å²) in [5.41, 5.74) is 10.7. The van der Waals surface area contributed by atoms with Gasteiger partial charge in [-0.15, -0.1) is 0 Å². The minimum absolute atomic E-state index is 0.0383. The maximum atomic E-state index is 15.4. The summed E-state index contributed by atoms with van der Waals surface area (Å²) in [6.07, 6.45) is 7.20. The first-order valence-electron chi connectivity index (χ1n) is 12.2. The van der Waals surface area contributed by atoms with Crippen LogP contribution in [0.2, 0.25) is 0 Å². The van der Waals surface area contributed by atoms with Crippen molar-refractivity contribution in [3.8, 4) is 11.1 Å². The zero-order valence-corrected chi connectivity index (χ0v) is 20.0. The van der Waals surface area contributed by atoms with E-state index in [1.165, 1.54) is 6.20 Å². The average molecular weight is 476 g/mol. The quantitative estimate of drug-likeness (QED) is 0.428. The molecule has 4 heterocycles. The highest BCUT2D eigenvalue weighted by molar-refractivity contribution is 6.00. The Morgan fingerprint density at radius 3 is 2.80 bits per heavy atom. The van der Waals surface area contributed by atoms with E-state index < -0.39 is 5.82 Å². The van der Waals surface area contributed by atoms with Crippen molar-refractivity contribution < 1.29 is 9.18 Å². The van der Waals surface area contributed by atoms with E-state index >= 15 is 4.39 Å². The lowest BCUT2D eigenvalue weighted by atomic mass is 9.61. The molecule has 6 rings (SSSR count). The molecule has 1 spiro atoms. The molecule has 2 aliphatic heterocycles. The van der Waals surface area contributed by atoms with E-state index in [1.54, 1.807) is 18.3 Å². The van der Waals surface area contributed by atoms with Crippen molar-refractivity contribution in [1.82, 2.24) is 20.2 Å². The molecular formula is C26H30FN7O. The third-order valence-electron chi connectivity index (χ3n) is 7.74. The minimum Gasteiger partial charge on any atom is -0.396 e. The molecule has 2 fully saturated rings. The van der Waals surface area contributed by atoms with E-state index in [4.69, 9.17) is 5.73 Å². The molecule has 182 valence electrons. The Kier molecular flexibility index (Phi) is 5.07. The monoisotopic (exact) mass is 475 g/mol. The Hall–Kier alpha value is -3.46. The minimum atomic E-state index is -0.487. The van der Waals surface area contributed by atoms with Crippen molar-refractivity contribution in [3.63, 3.8) is 0 Å². The second kappa shape index (κ2) is 8.05. The van der Waals surface area contributed by atoms with E-state index in [1.807, 2.05) is 6.92 Å². The highest BCUT2D eigenvalue weighted by Crippen LogP contribution is 2.47. The van der Waals surface area contributed by atoms with Crippen LogP contribution in [0, 0.1) is 18.2 Å². The van der Waals surface area contributed by atoms with Gasteiger partial charge in [-0.1, -0.05) is 0 Å². The largest absolute Gasteiger partial charge is 0.396 e. The molecule has 5 N–H and O–H groups in total. The van der Waals surface area contributed by atoms with Gasteiger partial charge < -0.3 is 21.3 Å². The zero-order valence-electron chi connectivity index (χ0n) is 20.0. The Morgan fingerprint density at radius 1 is 1.23 bits per heavy atom. The van der Waals surface area contributed by atoms with Crippen LogP contribution in [0.25, 0.3) is 21.9 Å². The van der Waals surface area contributed by atoms with Gasteiger partial charge >= 0.3 is 6.03 Å².